The van der Waals surface area contributed by atoms with Gasteiger partial charge in [0.15, 0.2) is 0 Å². The number of nitrogens with zero attached hydrogens (tertiary/aromatic N) is 1. The summed E-state index contributed by atoms with van der Waals surface area (Å²) in [7, 11) is 0. The van der Waals surface area contributed by atoms with Gasteiger partial charge in [-0.2, -0.15) is 0 Å². The predicted molar refractivity (Wildman–Crippen MR) is 126 cm³/mol. The van der Waals surface area contributed by atoms with Gasteiger partial charge in [0.25, 0.3) is 5.91 Å². The van der Waals surface area contributed by atoms with E-state index in [1.807, 2.05) is 24.3 Å². The van der Waals surface area contributed by atoms with Crippen molar-refractivity contribution in [3.8, 4) is 0 Å². The summed E-state index contributed by atoms with van der Waals surface area (Å²) in [6.07, 6.45) is 3.19. The Labute approximate surface area is 183 Å². The largest absolute Gasteiger partial charge is 0.397 e. The van der Waals surface area contributed by atoms with Gasteiger partial charge >= 0.3 is 0 Å². The second-order valence-electron chi connectivity index (χ2n) is 8.53. The summed E-state index contributed by atoms with van der Waals surface area (Å²) < 4.78 is 0.995. The molecule has 0 bridgehead atoms. The first kappa shape index (κ1) is 19.6. The maximum atomic E-state index is 12.8. The summed E-state index contributed by atoms with van der Waals surface area (Å²) in [5, 5.41) is 3.89. The van der Waals surface area contributed by atoms with Crippen LogP contribution in [0.1, 0.15) is 48.1 Å². The molecule has 0 fully saturated rings. The number of nitrogen functional groups attached to an aromatic ring is 1. The fourth-order valence-corrected chi connectivity index (χ4v) is 5.35. The summed E-state index contributed by atoms with van der Waals surface area (Å²) >= 11 is 3.60. The van der Waals surface area contributed by atoms with E-state index < -0.39 is 0 Å². The van der Waals surface area contributed by atoms with Crippen molar-refractivity contribution in [1.82, 2.24) is 4.98 Å². The molecule has 0 spiro atoms. The van der Waals surface area contributed by atoms with Gasteiger partial charge in [-0.25, -0.2) is 4.98 Å². The molecule has 3 N–H and O–H groups in total. The Bertz CT molecular complexity index is 1070. The molecular weight excluding hydrogens is 481 g/mol. The van der Waals surface area contributed by atoms with Gasteiger partial charge in [-0.1, -0.05) is 32.9 Å². The number of nitrogens with two attached hydrogens (primary N) is 1. The first-order chi connectivity index (χ1) is 13.2. The Kier molecular flexibility index (Phi) is 5.12. The molecule has 1 amide bonds. The number of hydrogen-bond acceptors (Lipinski definition) is 4. The quantitative estimate of drug-likeness (QED) is 0.427. The lowest BCUT2D eigenvalue weighted by Crippen LogP contribution is -2.27. The molecular formula is C22H24IN3OS. The molecule has 0 radical (unpaired) electrons. The van der Waals surface area contributed by atoms with E-state index in [0.29, 0.717) is 16.5 Å². The van der Waals surface area contributed by atoms with Crippen LogP contribution >= 0.6 is 33.9 Å². The van der Waals surface area contributed by atoms with E-state index in [9.17, 15) is 4.79 Å². The van der Waals surface area contributed by atoms with Gasteiger partial charge in [0.05, 0.1) is 11.4 Å². The van der Waals surface area contributed by atoms with Crippen molar-refractivity contribution in [1.29, 1.82) is 0 Å². The zero-order valence-electron chi connectivity index (χ0n) is 16.3. The Hall–Kier alpha value is -1.67. The van der Waals surface area contributed by atoms with E-state index >= 15 is 0 Å². The van der Waals surface area contributed by atoms with Crippen LogP contribution in [0.25, 0.3) is 10.2 Å². The number of amides is 1. The first-order valence-electron chi connectivity index (χ1n) is 9.50. The Morgan fingerprint density at radius 1 is 1.32 bits per heavy atom. The minimum Gasteiger partial charge on any atom is -0.397 e. The number of aryl methyl sites for hydroxylation is 1. The molecule has 3 aromatic rings. The van der Waals surface area contributed by atoms with E-state index in [-0.39, 0.29) is 11.3 Å². The lowest BCUT2D eigenvalue weighted by molar-refractivity contribution is 0.103. The Morgan fingerprint density at radius 2 is 2.07 bits per heavy atom. The number of thiophene rings is 1. The molecule has 1 atom stereocenters. The predicted octanol–water partition coefficient (Wildman–Crippen LogP) is 5.89. The summed E-state index contributed by atoms with van der Waals surface area (Å²) in [4.78, 5) is 19.1. The van der Waals surface area contributed by atoms with Crippen molar-refractivity contribution in [3.05, 3.63) is 50.0 Å². The van der Waals surface area contributed by atoms with Crippen molar-refractivity contribution in [2.75, 3.05) is 11.1 Å². The second kappa shape index (κ2) is 7.30. The number of para-hydroxylation sites is 1. The number of aromatic nitrogens is 1. The molecule has 1 aliphatic rings. The average molecular weight is 505 g/mol. The van der Waals surface area contributed by atoms with Crippen molar-refractivity contribution in [3.63, 3.8) is 0 Å². The number of carbonyl (C=O) groups is 1. The van der Waals surface area contributed by atoms with Crippen molar-refractivity contribution in [2.45, 2.75) is 40.0 Å². The molecule has 28 heavy (non-hydrogen) atoms. The number of pyridine rings is 1. The molecule has 4 nitrogen and oxygen atoms in total. The third kappa shape index (κ3) is 3.64. The molecule has 2 heterocycles. The van der Waals surface area contributed by atoms with E-state index in [2.05, 4.69) is 54.7 Å². The van der Waals surface area contributed by atoms with Crippen molar-refractivity contribution < 1.29 is 4.79 Å². The van der Waals surface area contributed by atoms with Gasteiger partial charge in [-0.15, -0.1) is 11.3 Å². The molecule has 1 aromatic carbocycles. The van der Waals surface area contributed by atoms with Crippen LogP contribution in [0.2, 0.25) is 0 Å². The molecule has 2 aromatic heterocycles. The summed E-state index contributed by atoms with van der Waals surface area (Å²) in [6.45, 7) is 6.92. The molecule has 146 valence electrons. The number of anilines is 2. The van der Waals surface area contributed by atoms with E-state index in [4.69, 9.17) is 10.7 Å². The van der Waals surface area contributed by atoms with Crippen molar-refractivity contribution in [2.24, 2.45) is 11.3 Å². The summed E-state index contributed by atoms with van der Waals surface area (Å²) in [5.41, 5.74) is 10.5. The van der Waals surface area contributed by atoms with Gasteiger partial charge < -0.3 is 11.1 Å². The standard InChI is InChI=1S/C22H24IN3OS/c1-22(2,3)13-8-9-16-12(10-13)11-14-18(24)19(28-21(14)26-16)20(27)25-17-7-5-4-6-15(17)23/h4-7,11,13H,8-10,24H2,1-3H3,(H,25,27). The van der Waals surface area contributed by atoms with Crippen LogP contribution in [-0.2, 0) is 12.8 Å². The van der Waals surface area contributed by atoms with Gasteiger partial charge in [-0.3, -0.25) is 4.79 Å². The average Bonchev–Trinajstić information content (AvgIpc) is 2.96. The molecule has 1 unspecified atom stereocenters. The van der Waals surface area contributed by atoms with Crippen LogP contribution in [0.4, 0.5) is 11.4 Å². The van der Waals surface area contributed by atoms with Gasteiger partial charge in [0, 0.05) is 14.7 Å². The third-order valence-corrected chi connectivity index (χ3v) is 7.69. The Balaban J connectivity index is 1.68. The highest BCUT2D eigenvalue weighted by Crippen LogP contribution is 2.40. The smallest absolute Gasteiger partial charge is 0.267 e. The van der Waals surface area contributed by atoms with Crippen molar-refractivity contribution >= 4 is 61.4 Å². The highest BCUT2D eigenvalue weighted by atomic mass is 127. The normalized spacial score (nSPS) is 16.8. The molecule has 0 saturated heterocycles. The number of rotatable bonds is 2. The minimum absolute atomic E-state index is 0.171. The molecule has 0 aliphatic heterocycles. The maximum Gasteiger partial charge on any atom is 0.267 e. The van der Waals surface area contributed by atoms with Crippen LogP contribution in [0.5, 0.6) is 0 Å². The van der Waals surface area contributed by atoms with Gasteiger partial charge in [0.2, 0.25) is 0 Å². The molecule has 0 saturated carbocycles. The first-order valence-corrected chi connectivity index (χ1v) is 11.4. The number of carbonyl (C=O) groups excluding carboxylic acids is 1. The topological polar surface area (TPSA) is 68.0 Å². The van der Waals surface area contributed by atoms with E-state index in [1.54, 1.807) is 0 Å². The Morgan fingerprint density at radius 3 is 2.79 bits per heavy atom. The van der Waals surface area contributed by atoms with Gasteiger partial charge in [0.1, 0.15) is 9.71 Å². The summed E-state index contributed by atoms with van der Waals surface area (Å²) in [6, 6.07) is 9.89. The van der Waals surface area contributed by atoms with E-state index in [1.165, 1.54) is 22.6 Å². The molecule has 4 rings (SSSR count). The third-order valence-electron chi connectivity index (χ3n) is 5.64. The maximum absolute atomic E-state index is 12.8. The van der Waals surface area contributed by atoms with Crippen LogP contribution in [0.15, 0.2) is 30.3 Å². The van der Waals surface area contributed by atoms with Gasteiger partial charge in [-0.05, 0) is 76.9 Å². The fourth-order valence-electron chi connectivity index (χ4n) is 3.84. The van der Waals surface area contributed by atoms with E-state index in [0.717, 1.165) is 38.7 Å². The number of benzene rings is 1. The highest BCUT2D eigenvalue weighted by Gasteiger charge is 2.30. The zero-order valence-corrected chi connectivity index (χ0v) is 19.3. The minimum atomic E-state index is -0.171. The number of halogens is 1. The highest BCUT2D eigenvalue weighted by molar-refractivity contribution is 14.1. The van der Waals surface area contributed by atoms with Crippen LogP contribution in [0.3, 0.4) is 0 Å². The zero-order chi connectivity index (χ0) is 20.1. The number of hydrogen-bond donors (Lipinski definition) is 2. The van der Waals surface area contributed by atoms with Crippen LogP contribution in [-0.4, -0.2) is 10.9 Å². The number of fused-ring (bicyclic) bond motifs is 2. The lowest BCUT2D eigenvalue weighted by Gasteiger charge is -2.34. The monoisotopic (exact) mass is 505 g/mol. The second-order valence-corrected chi connectivity index (χ2v) is 10.7. The lowest BCUT2D eigenvalue weighted by atomic mass is 9.71. The number of nitrogens with one attached hydrogen (secondary N) is 1. The van der Waals surface area contributed by atoms with Crippen LogP contribution < -0.4 is 11.1 Å². The SMILES string of the molecule is CC(C)(C)C1CCc2nc3sc(C(=O)Nc4ccccc4I)c(N)c3cc2C1. The summed E-state index contributed by atoms with van der Waals surface area (Å²) in [5.74, 6) is 0.470. The molecule has 6 heteroatoms. The van der Waals surface area contributed by atoms with Crippen LogP contribution in [0, 0.1) is 14.9 Å². The fraction of sp³-hybridized carbons (Fsp3) is 0.364. The molecule has 1 aliphatic carbocycles.